The van der Waals surface area contributed by atoms with Gasteiger partial charge in [-0.25, -0.2) is 14.2 Å². The second-order valence-corrected chi connectivity index (χ2v) is 9.00. The summed E-state index contributed by atoms with van der Waals surface area (Å²) in [7, 11) is 0. The lowest BCUT2D eigenvalue weighted by molar-refractivity contribution is 0.0469. The molecule has 10 heteroatoms. The van der Waals surface area contributed by atoms with E-state index in [1.165, 1.54) is 52.3 Å². The molecule has 8 nitrogen and oxygen atoms in total. The van der Waals surface area contributed by atoms with Crippen molar-refractivity contribution in [3.8, 4) is 0 Å². The quantitative estimate of drug-likeness (QED) is 0.400. The smallest absolute Gasteiger partial charge is 0.340 e. The van der Waals surface area contributed by atoms with Crippen LogP contribution >= 0.6 is 11.3 Å². The predicted octanol–water partition coefficient (Wildman–Crippen LogP) is 4.10. The minimum absolute atomic E-state index is 0.113. The Hall–Kier alpha value is -3.92. The fraction of sp³-hybridized carbons (Fsp3) is 0.208. The van der Waals surface area contributed by atoms with Crippen molar-refractivity contribution in [1.82, 2.24) is 14.6 Å². The Morgan fingerprint density at radius 3 is 2.71 bits per heavy atom. The number of esters is 1. The third-order valence-corrected chi connectivity index (χ3v) is 5.69. The van der Waals surface area contributed by atoms with E-state index < -0.39 is 17.7 Å². The molecule has 2 aromatic heterocycles. The molecule has 0 saturated heterocycles. The number of fused-ring (bicyclic) bond motifs is 1. The van der Waals surface area contributed by atoms with Crippen LogP contribution in [0.25, 0.3) is 4.96 Å². The SMILES string of the molecule is CC(C)Cc1nn2c(=O)cc(COC(=O)c3ccccc3NC(=O)c3cccc(F)c3)nc2s1. The second-order valence-electron chi connectivity index (χ2n) is 7.96. The molecule has 2 aromatic carbocycles. The number of carbonyl (C=O) groups is 2. The molecule has 34 heavy (non-hydrogen) atoms. The summed E-state index contributed by atoms with van der Waals surface area (Å²) in [6.07, 6.45) is 0.732. The van der Waals surface area contributed by atoms with Gasteiger partial charge in [-0.15, -0.1) is 0 Å². The third kappa shape index (κ3) is 5.34. The van der Waals surface area contributed by atoms with Gasteiger partial charge in [0.15, 0.2) is 0 Å². The highest BCUT2D eigenvalue weighted by Crippen LogP contribution is 2.19. The van der Waals surface area contributed by atoms with Crippen molar-refractivity contribution in [2.24, 2.45) is 5.92 Å². The number of amides is 1. The van der Waals surface area contributed by atoms with Gasteiger partial charge >= 0.3 is 5.97 Å². The van der Waals surface area contributed by atoms with E-state index in [1.807, 2.05) is 0 Å². The zero-order valence-corrected chi connectivity index (χ0v) is 19.3. The molecule has 0 saturated carbocycles. The number of hydrogen-bond acceptors (Lipinski definition) is 7. The van der Waals surface area contributed by atoms with E-state index in [1.54, 1.807) is 12.1 Å². The number of aromatic nitrogens is 3. The first-order valence-electron chi connectivity index (χ1n) is 10.5. The Bertz CT molecular complexity index is 1430. The summed E-state index contributed by atoms with van der Waals surface area (Å²) < 4.78 is 20.0. The summed E-state index contributed by atoms with van der Waals surface area (Å²) in [6.45, 7) is 3.89. The van der Waals surface area contributed by atoms with Gasteiger partial charge in [-0.3, -0.25) is 9.59 Å². The van der Waals surface area contributed by atoms with Gasteiger partial charge in [0.2, 0.25) is 4.96 Å². The molecule has 4 aromatic rings. The summed E-state index contributed by atoms with van der Waals surface area (Å²) in [4.78, 5) is 42.4. The zero-order valence-electron chi connectivity index (χ0n) is 18.4. The highest BCUT2D eigenvalue weighted by atomic mass is 32.1. The van der Waals surface area contributed by atoms with Crippen molar-refractivity contribution >= 4 is 33.9 Å². The lowest BCUT2D eigenvalue weighted by atomic mass is 10.1. The average molecular weight is 481 g/mol. The average Bonchev–Trinajstić information content (AvgIpc) is 3.20. The molecule has 0 atom stereocenters. The van der Waals surface area contributed by atoms with Crippen LogP contribution in [-0.2, 0) is 17.8 Å². The van der Waals surface area contributed by atoms with Gasteiger partial charge < -0.3 is 10.1 Å². The Morgan fingerprint density at radius 2 is 1.94 bits per heavy atom. The molecule has 0 unspecified atom stereocenters. The summed E-state index contributed by atoms with van der Waals surface area (Å²) in [6, 6.07) is 12.8. The first-order valence-corrected chi connectivity index (χ1v) is 11.3. The number of benzene rings is 2. The molecule has 0 fully saturated rings. The molecular weight excluding hydrogens is 459 g/mol. The fourth-order valence-corrected chi connectivity index (χ4v) is 4.34. The number of anilines is 1. The van der Waals surface area contributed by atoms with E-state index in [9.17, 15) is 18.8 Å². The van der Waals surface area contributed by atoms with Crippen LogP contribution in [0.15, 0.2) is 59.4 Å². The predicted molar refractivity (Wildman–Crippen MR) is 126 cm³/mol. The first kappa shape index (κ1) is 23.2. The molecule has 0 radical (unpaired) electrons. The number of nitrogens with zero attached hydrogens (tertiary/aromatic N) is 3. The van der Waals surface area contributed by atoms with Crippen LogP contribution in [-0.4, -0.2) is 26.5 Å². The van der Waals surface area contributed by atoms with Gasteiger partial charge in [-0.1, -0.05) is 43.4 Å². The minimum atomic E-state index is -0.707. The van der Waals surface area contributed by atoms with E-state index in [4.69, 9.17) is 4.74 Å². The molecule has 174 valence electrons. The van der Waals surface area contributed by atoms with Gasteiger partial charge in [0.1, 0.15) is 17.4 Å². The Balaban J connectivity index is 1.49. The lowest BCUT2D eigenvalue weighted by Crippen LogP contribution is -2.18. The molecule has 1 N–H and O–H groups in total. The first-order chi connectivity index (χ1) is 16.3. The van der Waals surface area contributed by atoms with Crippen molar-refractivity contribution in [2.45, 2.75) is 26.9 Å². The van der Waals surface area contributed by atoms with E-state index in [2.05, 4.69) is 29.2 Å². The Kier molecular flexibility index (Phi) is 6.78. The fourth-order valence-electron chi connectivity index (χ4n) is 3.21. The van der Waals surface area contributed by atoms with Gasteiger partial charge in [0.25, 0.3) is 11.5 Å². The van der Waals surface area contributed by atoms with Gasteiger partial charge in [-0.2, -0.15) is 9.61 Å². The molecular formula is C24H21FN4O4S. The maximum absolute atomic E-state index is 13.4. The molecule has 0 aliphatic rings. The molecule has 0 spiro atoms. The standard InChI is InChI=1S/C24H21FN4O4S/c1-14(2)10-20-28-29-21(30)12-17(26-24(29)34-20)13-33-23(32)18-8-3-4-9-19(18)27-22(31)15-6-5-7-16(25)11-15/h3-9,11-12,14H,10,13H2,1-2H3,(H,27,31). The Labute approximate surface area is 198 Å². The van der Waals surface area contributed by atoms with Crippen molar-refractivity contribution in [3.05, 3.63) is 92.6 Å². The van der Waals surface area contributed by atoms with Crippen LogP contribution < -0.4 is 10.9 Å². The summed E-state index contributed by atoms with van der Waals surface area (Å²) in [5, 5.41) is 7.70. The molecule has 0 aliphatic heterocycles. The number of nitrogens with one attached hydrogen (secondary N) is 1. The van der Waals surface area contributed by atoms with Crippen LogP contribution in [0.4, 0.5) is 10.1 Å². The van der Waals surface area contributed by atoms with Gasteiger partial charge in [-0.05, 0) is 36.2 Å². The van der Waals surface area contributed by atoms with E-state index in [0.29, 0.717) is 16.6 Å². The third-order valence-electron chi connectivity index (χ3n) is 4.76. The number of hydrogen-bond donors (Lipinski definition) is 1. The molecule has 2 heterocycles. The van der Waals surface area contributed by atoms with Gasteiger partial charge in [0.05, 0.1) is 16.9 Å². The largest absolute Gasteiger partial charge is 0.456 e. The lowest BCUT2D eigenvalue weighted by Gasteiger charge is -2.11. The van der Waals surface area contributed by atoms with Crippen LogP contribution in [0.3, 0.4) is 0 Å². The van der Waals surface area contributed by atoms with Crippen molar-refractivity contribution in [1.29, 1.82) is 0 Å². The minimum Gasteiger partial charge on any atom is -0.456 e. The second kappa shape index (κ2) is 9.92. The number of ether oxygens (including phenoxy) is 1. The highest BCUT2D eigenvalue weighted by Gasteiger charge is 2.17. The van der Waals surface area contributed by atoms with Crippen LogP contribution in [0.2, 0.25) is 0 Å². The number of rotatable bonds is 7. The van der Waals surface area contributed by atoms with Crippen LogP contribution in [0.5, 0.6) is 0 Å². The van der Waals surface area contributed by atoms with Gasteiger partial charge in [0, 0.05) is 18.1 Å². The molecule has 0 aliphatic carbocycles. The normalized spacial score (nSPS) is 11.1. The number of carbonyl (C=O) groups excluding carboxylic acids is 2. The van der Waals surface area contributed by atoms with E-state index >= 15 is 0 Å². The number of halogens is 1. The summed E-state index contributed by atoms with van der Waals surface area (Å²) in [5.74, 6) is -1.43. The topological polar surface area (TPSA) is 103 Å². The van der Waals surface area contributed by atoms with Crippen LogP contribution in [0.1, 0.15) is 45.3 Å². The summed E-state index contributed by atoms with van der Waals surface area (Å²) in [5.41, 5.74) is 0.375. The highest BCUT2D eigenvalue weighted by molar-refractivity contribution is 7.16. The summed E-state index contributed by atoms with van der Waals surface area (Å²) >= 11 is 1.32. The monoisotopic (exact) mass is 480 g/mol. The number of para-hydroxylation sites is 1. The van der Waals surface area contributed by atoms with Crippen molar-refractivity contribution in [2.75, 3.05) is 5.32 Å². The molecule has 4 rings (SSSR count). The Morgan fingerprint density at radius 1 is 1.15 bits per heavy atom. The zero-order chi connectivity index (χ0) is 24.2. The molecule has 1 amide bonds. The van der Waals surface area contributed by atoms with E-state index in [-0.39, 0.29) is 29.0 Å². The molecule has 0 bridgehead atoms. The maximum atomic E-state index is 13.4. The van der Waals surface area contributed by atoms with Crippen LogP contribution in [0, 0.1) is 11.7 Å². The van der Waals surface area contributed by atoms with Crippen molar-refractivity contribution in [3.63, 3.8) is 0 Å². The maximum Gasteiger partial charge on any atom is 0.340 e. The van der Waals surface area contributed by atoms with E-state index in [0.717, 1.165) is 17.5 Å². The van der Waals surface area contributed by atoms with Crippen molar-refractivity contribution < 1.29 is 18.7 Å².